The second-order valence-electron chi connectivity index (χ2n) is 17.7. The second-order valence-corrected chi connectivity index (χ2v) is 19.6. The number of esters is 1. The zero-order chi connectivity index (χ0) is 39.9. The van der Waals surface area contributed by atoms with Crippen LogP contribution in [0.1, 0.15) is 106 Å². The number of nitrogens with zero attached hydrogens (tertiary/aromatic N) is 2. The number of carbonyl (C=O) groups is 4. The number of rotatable bonds is 9. The summed E-state index contributed by atoms with van der Waals surface area (Å²) in [5.74, 6) is -1.86. The van der Waals surface area contributed by atoms with Crippen LogP contribution in [0.5, 0.6) is 11.6 Å². The van der Waals surface area contributed by atoms with Gasteiger partial charge in [-0.2, -0.15) is 0 Å². The highest BCUT2D eigenvalue weighted by atomic mass is 32.2. The topological polar surface area (TPSA) is 158 Å². The SMILES string of the molecule is CC(C)Oc1ccc2c(O[C@@H]3C[C@H]4C(=O)C[C@]5(C(=O)NS(=O)(=O)C6CC6)C[C@H]5/C=C\CC[C@@H](C)C[C@@H](C)[C@H](CC(=O)OC(C)(C)C)C(=O)N4C3)nccc2c1. The van der Waals surface area contributed by atoms with Crippen molar-refractivity contribution in [3.05, 3.63) is 42.6 Å². The maximum absolute atomic E-state index is 14.8. The molecule has 0 bridgehead atoms. The molecule has 300 valence electrons. The van der Waals surface area contributed by atoms with Crippen LogP contribution in [0.25, 0.3) is 10.8 Å². The van der Waals surface area contributed by atoms with E-state index in [1.54, 1.807) is 27.0 Å². The molecule has 7 atom stereocenters. The molecule has 6 rings (SSSR count). The summed E-state index contributed by atoms with van der Waals surface area (Å²) >= 11 is 0. The third kappa shape index (κ3) is 9.70. The Morgan fingerprint density at radius 1 is 1.07 bits per heavy atom. The molecule has 1 aromatic heterocycles. The predicted octanol–water partition coefficient (Wildman–Crippen LogP) is 6.30. The van der Waals surface area contributed by atoms with Crippen LogP contribution in [0.15, 0.2) is 42.6 Å². The number of benzene rings is 1. The van der Waals surface area contributed by atoms with E-state index in [1.165, 1.54) is 4.90 Å². The Hall–Kier alpha value is -4.00. The van der Waals surface area contributed by atoms with Gasteiger partial charge in [0.2, 0.25) is 27.7 Å². The van der Waals surface area contributed by atoms with E-state index in [0.29, 0.717) is 37.3 Å². The lowest BCUT2D eigenvalue weighted by molar-refractivity contribution is -0.160. The Balaban J connectivity index is 1.33. The number of fused-ring (bicyclic) bond motifs is 3. The summed E-state index contributed by atoms with van der Waals surface area (Å²) in [6.45, 7) is 13.4. The Morgan fingerprint density at radius 2 is 1.82 bits per heavy atom. The average Bonchev–Trinajstić information content (AvgIpc) is 4.01. The van der Waals surface area contributed by atoms with E-state index in [-0.39, 0.29) is 61.4 Å². The molecule has 2 aliphatic carbocycles. The van der Waals surface area contributed by atoms with Crippen LogP contribution in [0.2, 0.25) is 0 Å². The van der Waals surface area contributed by atoms with E-state index in [0.717, 1.165) is 23.6 Å². The van der Waals surface area contributed by atoms with Crippen molar-refractivity contribution in [2.45, 2.75) is 135 Å². The van der Waals surface area contributed by atoms with Crippen molar-refractivity contribution < 1.29 is 41.8 Å². The van der Waals surface area contributed by atoms with Crippen molar-refractivity contribution in [2.75, 3.05) is 6.54 Å². The molecule has 2 aliphatic heterocycles. The Labute approximate surface area is 325 Å². The molecular formula is C42H57N3O9S. The first kappa shape index (κ1) is 40.7. The molecular weight excluding hydrogens is 723 g/mol. The molecule has 12 nitrogen and oxygen atoms in total. The van der Waals surface area contributed by atoms with Gasteiger partial charge < -0.3 is 19.1 Å². The highest BCUT2D eigenvalue weighted by Gasteiger charge is 2.61. The van der Waals surface area contributed by atoms with E-state index in [2.05, 4.69) is 16.6 Å². The normalized spacial score (nSPS) is 29.8. The molecule has 2 saturated carbocycles. The molecule has 0 radical (unpaired) electrons. The third-order valence-corrected chi connectivity index (χ3v) is 13.1. The van der Waals surface area contributed by atoms with Gasteiger partial charge in [-0.1, -0.05) is 26.0 Å². The molecule has 2 aromatic rings. The molecule has 0 unspecified atom stereocenters. The molecule has 1 N–H and O–H groups in total. The number of pyridine rings is 1. The van der Waals surface area contributed by atoms with Crippen molar-refractivity contribution in [1.29, 1.82) is 0 Å². The van der Waals surface area contributed by atoms with Gasteiger partial charge >= 0.3 is 5.97 Å². The van der Waals surface area contributed by atoms with Crippen molar-refractivity contribution in [2.24, 2.45) is 29.1 Å². The molecule has 3 heterocycles. The van der Waals surface area contributed by atoms with Crippen molar-refractivity contribution in [3.8, 4) is 11.6 Å². The number of sulfonamides is 1. The van der Waals surface area contributed by atoms with Crippen LogP contribution >= 0.6 is 0 Å². The first-order valence-electron chi connectivity index (χ1n) is 19.8. The van der Waals surface area contributed by atoms with Crippen molar-refractivity contribution in [3.63, 3.8) is 0 Å². The predicted molar refractivity (Wildman–Crippen MR) is 208 cm³/mol. The lowest BCUT2D eigenvalue weighted by Crippen LogP contribution is -2.47. The van der Waals surface area contributed by atoms with Crippen LogP contribution in [0, 0.1) is 29.1 Å². The average molecular weight is 780 g/mol. The minimum Gasteiger partial charge on any atom is -0.491 e. The second kappa shape index (κ2) is 15.9. The third-order valence-electron chi connectivity index (χ3n) is 11.3. The number of amides is 2. The van der Waals surface area contributed by atoms with Gasteiger partial charge in [-0.05, 0) is 121 Å². The monoisotopic (exact) mass is 779 g/mol. The molecule has 2 amide bonds. The number of ketones is 1. The van der Waals surface area contributed by atoms with E-state index < -0.39 is 56.2 Å². The van der Waals surface area contributed by atoms with Gasteiger partial charge in [0.05, 0.1) is 41.7 Å². The Morgan fingerprint density at radius 3 is 2.51 bits per heavy atom. The highest BCUT2D eigenvalue weighted by Crippen LogP contribution is 2.57. The minimum absolute atomic E-state index is 0.00542. The summed E-state index contributed by atoms with van der Waals surface area (Å²) in [5, 5.41) is 0.999. The van der Waals surface area contributed by atoms with Crippen LogP contribution < -0.4 is 14.2 Å². The summed E-state index contributed by atoms with van der Waals surface area (Å²) in [7, 11) is -3.85. The summed E-state index contributed by atoms with van der Waals surface area (Å²) < 4.78 is 46.2. The van der Waals surface area contributed by atoms with Crippen LogP contribution in [-0.2, 0) is 33.9 Å². The van der Waals surface area contributed by atoms with Crippen LogP contribution in [0.3, 0.4) is 0 Å². The minimum atomic E-state index is -3.85. The molecule has 3 fully saturated rings. The van der Waals surface area contributed by atoms with Crippen molar-refractivity contribution in [1.82, 2.24) is 14.6 Å². The van der Waals surface area contributed by atoms with Gasteiger partial charge in [-0.15, -0.1) is 0 Å². The zero-order valence-corrected chi connectivity index (χ0v) is 34.0. The largest absolute Gasteiger partial charge is 0.491 e. The number of carbonyl (C=O) groups excluding carboxylic acids is 4. The highest BCUT2D eigenvalue weighted by molar-refractivity contribution is 7.90. The number of aromatic nitrogens is 1. The van der Waals surface area contributed by atoms with Crippen LogP contribution in [-0.4, -0.2) is 77.5 Å². The van der Waals surface area contributed by atoms with Gasteiger partial charge in [0.1, 0.15) is 17.5 Å². The van der Waals surface area contributed by atoms with Gasteiger partial charge in [0.15, 0.2) is 5.78 Å². The number of ether oxygens (including phenoxy) is 3. The number of nitrogens with one attached hydrogen (secondary N) is 1. The molecule has 4 aliphatic rings. The summed E-state index contributed by atoms with van der Waals surface area (Å²) in [5.41, 5.74) is -1.99. The summed E-state index contributed by atoms with van der Waals surface area (Å²) in [6, 6.07) is 6.52. The lowest BCUT2D eigenvalue weighted by Gasteiger charge is -2.32. The maximum Gasteiger partial charge on any atom is 0.307 e. The van der Waals surface area contributed by atoms with E-state index in [1.807, 2.05) is 57.2 Å². The van der Waals surface area contributed by atoms with E-state index in [9.17, 15) is 27.6 Å². The van der Waals surface area contributed by atoms with Gasteiger partial charge in [0, 0.05) is 24.4 Å². The Bertz CT molecular complexity index is 1930. The molecule has 0 spiro atoms. The Kier molecular flexibility index (Phi) is 11.7. The van der Waals surface area contributed by atoms with Gasteiger partial charge in [-0.3, -0.25) is 23.9 Å². The van der Waals surface area contributed by atoms with E-state index >= 15 is 0 Å². The molecule has 55 heavy (non-hydrogen) atoms. The van der Waals surface area contributed by atoms with Crippen LogP contribution in [0.4, 0.5) is 0 Å². The molecule has 13 heteroatoms. The standard InChI is InChI=1S/C42H57N3O9S/c1-25(2)52-30-12-15-33-28(19-30)16-17-43-38(33)53-31-20-35-36(46)23-42(40(49)44-55(50,51)32-13-14-32)22-29(42)11-9-8-10-26(3)18-27(4)34(39(48)45(35)24-31)21-37(47)54-41(5,6)7/h9,11-12,15-17,19,25-27,29,31-32,34-35H,8,10,13-14,18,20-24H2,1-7H3,(H,44,49)/b11-9-/t26-,27-,29-,31-,34+,35+,42-/m1/s1. The van der Waals surface area contributed by atoms with E-state index in [4.69, 9.17) is 14.2 Å². The van der Waals surface area contributed by atoms with Gasteiger partial charge in [-0.25, -0.2) is 13.4 Å². The number of allylic oxidation sites excluding steroid dienone is 2. The molecule has 1 aromatic carbocycles. The quantitative estimate of drug-likeness (QED) is 0.226. The fraction of sp³-hybridized carbons (Fsp3) is 0.643. The van der Waals surface area contributed by atoms with Gasteiger partial charge in [0.25, 0.3) is 0 Å². The number of hydrogen-bond acceptors (Lipinski definition) is 10. The zero-order valence-electron chi connectivity index (χ0n) is 33.2. The smallest absolute Gasteiger partial charge is 0.307 e. The number of hydrogen-bond donors (Lipinski definition) is 1. The lowest BCUT2D eigenvalue weighted by atomic mass is 9.82. The maximum atomic E-state index is 14.8. The number of Topliss-reactive ketones (excluding diaryl/α,β-unsaturated/α-hetero) is 1. The fourth-order valence-corrected chi connectivity index (χ4v) is 9.66. The van der Waals surface area contributed by atoms with Crippen molar-refractivity contribution >= 4 is 44.4 Å². The first-order valence-corrected chi connectivity index (χ1v) is 21.4. The fourth-order valence-electron chi connectivity index (χ4n) is 8.27. The molecule has 1 saturated heterocycles. The summed E-state index contributed by atoms with van der Waals surface area (Å²) in [6.07, 6.45) is 8.28. The first-order chi connectivity index (χ1) is 25.8. The summed E-state index contributed by atoms with van der Waals surface area (Å²) in [4.78, 5) is 62.7.